The summed E-state index contributed by atoms with van der Waals surface area (Å²) in [4.78, 5) is 8.21. The normalized spacial score (nSPS) is 10.8. The summed E-state index contributed by atoms with van der Waals surface area (Å²) in [6.45, 7) is 0. The van der Waals surface area contributed by atoms with E-state index in [4.69, 9.17) is 11.6 Å². The summed E-state index contributed by atoms with van der Waals surface area (Å²) >= 11 is 6.96. The third-order valence-corrected chi connectivity index (χ3v) is 3.10. The van der Waals surface area contributed by atoms with Gasteiger partial charge in [0.2, 0.25) is 4.47 Å². The highest BCUT2D eigenvalue weighted by molar-refractivity contribution is 7.10. The van der Waals surface area contributed by atoms with Crippen molar-refractivity contribution in [2.24, 2.45) is 0 Å². The summed E-state index contributed by atoms with van der Waals surface area (Å²) in [5.41, 5.74) is 0.974. The van der Waals surface area contributed by atoms with Gasteiger partial charge < -0.3 is 0 Å². The van der Waals surface area contributed by atoms with Crippen LogP contribution in [0.15, 0.2) is 36.7 Å². The largest absolute Gasteiger partial charge is 0.264 e. The van der Waals surface area contributed by atoms with E-state index >= 15 is 0 Å². The SMILES string of the molecule is Clc1nc(-c2ccc3cnccc3c2)ns1. The number of hydrogen-bond acceptors (Lipinski definition) is 4. The molecule has 1 aromatic carbocycles. The van der Waals surface area contributed by atoms with Gasteiger partial charge in [-0.05, 0) is 40.7 Å². The van der Waals surface area contributed by atoms with Crippen molar-refractivity contribution in [3.63, 3.8) is 0 Å². The van der Waals surface area contributed by atoms with Gasteiger partial charge in [0, 0.05) is 23.3 Å². The Hall–Kier alpha value is -1.52. The van der Waals surface area contributed by atoms with Crippen molar-refractivity contribution in [3.8, 4) is 11.4 Å². The van der Waals surface area contributed by atoms with Crippen molar-refractivity contribution < 1.29 is 0 Å². The maximum atomic E-state index is 5.76. The van der Waals surface area contributed by atoms with Crippen LogP contribution >= 0.6 is 23.1 Å². The number of halogens is 1. The number of pyridine rings is 1. The van der Waals surface area contributed by atoms with Gasteiger partial charge in [0.1, 0.15) is 0 Å². The lowest BCUT2D eigenvalue weighted by Gasteiger charge is -1.99. The minimum Gasteiger partial charge on any atom is -0.264 e. The lowest BCUT2D eigenvalue weighted by atomic mass is 10.1. The quantitative estimate of drug-likeness (QED) is 0.662. The molecule has 0 spiro atoms. The zero-order valence-electron chi connectivity index (χ0n) is 8.09. The standard InChI is InChI=1S/C11H6ClN3S/c12-11-14-10(15-16-11)8-1-2-9-6-13-4-3-7(9)5-8/h1-6H. The van der Waals surface area contributed by atoms with E-state index in [0.29, 0.717) is 10.3 Å². The Morgan fingerprint density at radius 1 is 1.12 bits per heavy atom. The highest BCUT2D eigenvalue weighted by atomic mass is 35.5. The predicted molar refractivity (Wildman–Crippen MR) is 65.7 cm³/mol. The zero-order valence-corrected chi connectivity index (χ0v) is 9.66. The van der Waals surface area contributed by atoms with Gasteiger partial charge in [-0.2, -0.15) is 4.37 Å². The summed E-state index contributed by atoms with van der Waals surface area (Å²) in [5.74, 6) is 0.675. The van der Waals surface area contributed by atoms with E-state index in [1.54, 1.807) is 6.20 Å². The third kappa shape index (κ3) is 1.66. The molecular formula is C11H6ClN3S. The molecule has 16 heavy (non-hydrogen) atoms. The Morgan fingerprint density at radius 2 is 2.06 bits per heavy atom. The number of benzene rings is 1. The first kappa shape index (κ1) is 9.69. The molecule has 0 saturated heterocycles. The van der Waals surface area contributed by atoms with E-state index in [1.807, 2.05) is 30.5 Å². The van der Waals surface area contributed by atoms with Crippen LogP contribution in [0.4, 0.5) is 0 Å². The molecule has 3 rings (SSSR count). The molecule has 0 atom stereocenters. The van der Waals surface area contributed by atoms with Crippen molar-refractivity contribution in [1.29, 1.82) is 0 Å². The van der Waals surface area contributed by atoms with Gasteiger partial charge in [-0.25, -0.2) is 4.98 Å². The van der Waals surface area contributed by atoms with Crippen molar-refractivity contribution in [2.45, 2.75) is 0 Å². The van der Waals surface area contributed by atoms with E-state index in [9.17, 15) is 0 Å². The van der Waals surface area contributed by atoms with E-state index in [0.717, 1.165) is 16.3 Å². The van der Waals surface area contributed by atoms with Gasteiger partial charge in [-0.1, -0.05) is 12.1 Å². The summed E-state index contributed by atoms with van der Waals surface area (Å²) < 4.78 is 4.64. The summed E-state index contributed by atoms with van der Waals surface area (Å²) in [6.07, 6.45) is 3.61. The number of aromatic nitrogens is 3. The second-order valence-corrected chi connectivity index (χ2v) is 4.64. The van der Waals surface area contributed by atoms with Crippen molar-refractivity contribution in [3.05, 3.63) is 41.1 Å². The fraction of sp³-hybridized carbons (Fsp3) is 0. The molecule has 2 aromatic heterocycles. The minimum atomic E-state index is 0.463. The molecule has 0 amide bonds. The van der Waals surface area contributed by atoms with Gasteiger partial charge in [0.25, 0.3) is 0 Å². The highest BCUT2D eigenvalue weighted by Gasteiger charge is 2.05. The van der Waals surface area contributed by atoms with Crippen molar-refractivity contribution in [2.75, 3.05) is 0 Å². The van der Waals surface area contributed by atoms with E-state index < -0.39 is 0 Å². The van der Waals surface area contributed by atoms with Gasteiger partial charge in [-0.15, -0.1) is 0 Å². The molecule has 0 fully saturated rings. The Morgan fingerprint density at radius 3 is 2.88 bits per heavy atom. The molecule has 0 aliphatic rings. The van der Waals surface area contributed by atoms with Crippen LogP contribution in [0.1, 0.15) is 0 Å². The average molecular weight is 248 g/mol. The lowest BCUT2D eigenvalue weighted by molar-refractivity contribution is 1.32. The summed E-state index contributed by atoms with van der Waals surface area (Å²) in [6, 6.07) is 7.98. The molecule has 0 aliphatic heterocycles. The smallest absolute Gasteiger partial charge is 0.203 e. The maximum Gasteiger partial charge on any atom is 0.203 e. The van der Waals surface area contributed by atoms with Crippen LogP contribution in [0.2, 0.25) is 4.47 Å². The van der Waals surface area contributed by atoms with Crippen LogP contribution in [0, 0.1) is 0 Å². The molecule has 3 nitrogen and oxygen atoms in total. The summed E-state index contributed by atoms with van der Waals surface area (Å²) in [7, 11) is 0. The molecular weight excluding hydrogens is 242 g/mol. The van der Waals surface area contributed by atoms with Crippen LogP contribution < -0.4 is 0 Å². The fourth-order valence-corrected chi connectivity index (χ4v) is 2.16. The van der Waals surface area contributed by atoms with Gasteiger partial charge in [-0.3, -0.25) is 4.98 Å². The minimum absolute atomic E-state index is 0.463. The monoisotopic (exact) mass is 247 g/mol. The van der Waals surface area contributed by atoms with Crippen LogP contribution in [-0.2, 0) is 0 Å². The Labute approximate surface area is 101 Å². The molecule has 3 aromatic rings. The molecule has 5 heteroatoms. The third-order valence-electron chi connectivity index (χ3n) is 2.30. The second-order valence-electron chi connectivity index (χ2n) is 3.31. The first-order valence-corrected chi connectivity index (χ1v) is 5.81. The lowest BCUT2D eigenvalue weighted by Crippen LogP contribution is -1.81. The number of nitrogens with zero attached hydrogens (tertiary/aromatic N) is 3. The first-order chi connectivity index (χ1) is 7.83. The topological polar surface area (TPSA) is 38.7 Å². The Balaban J connectivity index is 2.18. The number of rotatable bonds is 1. The molecule has 0 aliphatic carbocycles. The van der Waals surface area contributed by atoms with Gasteiger partial charge in [0.05, 0.1) is 0 Å². The Kier molecular flexibility index (Phi) is 2.31. The number of hydrogen-bond donors (Lipinski definition) is 0. The Bertz CT molecular complexity index is 650. The molecule has 78 valence electrons. The number of fused-ring (bicyclic) bond motifs is 1. The molecule has 0 bridgehead atoms. The summed E-state index contributed by atoms with van der Waals surface area (Å²) in [5, 5.41) is 2.23. The second kappa shape index (κ2) is 3.81. The molecule has 0 saturated carbocycles. The molecule has 0 radical (unpaired) electrons. The fourth-order valence-electron chi connectivity index (χ4n) is 1.54. The predicted octanol–water partition coefficient (Wildman–Crippen LogP) is 3.41. The van der Waals surface area contributed by atoms with Gasteiger partial charge in [0.15, 0.2) is 5.82 Å². The van der Waals surface area contributed by atoms with E-state index in [1.165, 1.54) is 11.5 Å². The average Bonchev–Trinajstić information content (AvgIpc) is 2.75. The molecule has 0 unspecified atom stereocenters. The molecule has 0 N–H and O–H groups in total. The van der Waals surface area contributed by atoms with Crippen LogP contribution in [-0.4, -0.2) is 14.3 Å². The van der Waals surface area contributed by atoms with Gasteiger partial charge >= 0.3 is 0 Å². The van der Waals surface area contributed by atoms with Crippen molar-refractivity contribution in [1.82, 2.24) is 14.3 Å². The molecule has 2 heterocycles. The van der Waals surface area contributed by atoms with Crippen LogP contribution in [0.25, 0.3) is 22.2 Å². The maximum absolute atomic E-state index is 5.76. The van der Waals surface area contributed by atoms with E-state index in [2.05, 4.69) is 14.3 Å². The van der Waals surface area contributed by atoms with E-state index in [-0.39, 0.29) is 0 Å². The van der Waals surface area contributed by atoms with Crippen molar-refractivity contribution >= 4 is 33.9 Å². The first-order valence-electron chi connectivity index (χ1n) is 4.66. The van der Waals surface area contributed by atoms with Crippen LogP contribution in [0.5, 0.6) is 0 Å². The zero-order chi connectivity index (χ0) is 11.0. The van der Waals surface area contributed by atoms with Crippen LogP contribution in [0.3, 0.4) is 0 Å². The highest BCUT2D eigenvalue weighted by Crippen LogP contribution is 2.24.